The normalized spacial score (nSPS) is 13.7. The molecule has 0 aliphatic heterocycles. The average molecular weight is 366 g/mol. The van der Waals surface area contributed by atoms with Crippen molar-refractivity contribution in [3.05, 3.63) is 35.6 Å². The van der Waals surface area contributed by atoms with Crippen LogP contribution in [0.4, 0.5) is 22.4 Å². The number of hydrogen-bond acceptors (Lipinski definition) is 5. The van der Waals surface area contributed by atoms with Crippen molar-refractivity contribution >= 4 is 12.1 Å². The van der Waals surface area contributed by atoms with Gasteiger partial charge in [-0.1, -0.05) is 12.1 Å². The molecule has 0 aromatic heterocycles. The van der Waals surface area contributed by atoms with E-state index in [1.807, 2.05) is 5.32 Å². The van der Waals surface area contributed by atoms with Crippen LogP contribution in [0.2, 0.25) is 0 Å². The van der Waals surface area contributed by atoms with Crippen molar-refractivity contribution in [1.29, 1.82) is 0 Å². The zero-order valence-electron chi connectivity index (χ0n) is 13.6. The fourth-order valence-electron chi connectivity index (χ4n) is 1.85. The summed E-state index contributed by atoms with van der Waals surface area (Å²) in [6, 6.07) is 4.57. The molecule has 0 heterocycles. The molecule has 0 bridgehead atoms. The summed E-state index contributed by atoms with van der Waals surface area (Å²) in [5.74, 6) is -2.31. The molecule has 1 atom stereocenters. The van der Waals surface area contributed by atoms with Crippen molar-refractivity contribution in [2.75, 3.05) is 13.2 Å². The van der Waals surface area contributed by atoms with E-state index in [1.165, 1.54) is 31.3 Å². The Hall–Kier alpha value is -2.36. The number of nitrogens with one attached hydrogen (secondary N) is 2. The van der Waals surface area contributed by atoms with Crippen molar-refractivity contribution in [3.63, 3.8) is 0 Å². The maximum Gasteiger partial charge on any atom is 0.436 e. The number of halogens is 4. The number of esters is 1. The predicted molar refractivity (Wildman–Crippen MR) is 78.8 cm³/mol. The van der Waals surface area contributed by atoms with E-state index in [0.717, 1.165) is 12.1 Å². The summed E-state index contributed by atoms with van der Waals surface area (Å²) in [7, 11) is 0. The highest BCUT2D eigenvalue weighted by atomic mass is 19.4. The molecule has 6 nitrogen and oxygen atoms in total. The topological polar surface area (TPSA) is 76.7 Å². The van der Waals surface area contributed by atoms with Crippen LogP contribution in [0.1, 0.15) is 19.4 Å². The van der Waals surface area contributed by atoms with Crippen molar-refractivity contribution in [2.24, 2.45) is 0 Å². The van der Waals surface area contributed by atoms with Crippen LogP contribution in [0.5, 0.6) is 0 Å². The first-order valence-electron chi connectivity index (χ1n) is 7.34. The van der Waals surface area contributed by atoms with Gasteiger partial charge in [0.15, 0.2) is 0 Å². The Morgan fingerprint density at radius 1 is 1.04 bits per heavy atom. The van der Waals surface area contributed by atoms with Crippen molar-refractivity contribution in [1.82, 2.24) is 10.6 Å². The molecule has 0 spiro atoms. The second-order valence-corrected chi connectivity index (χ2v) is 4.79. The van der Waals surface area contributed by atoms with E-state index in [2.05, 4.69) is 9.47 Å². The zero-order valence-corrected chi connectivity index (χ0v) is 13.6. The summed E-state index contributed by atoms with van der Waals surface area (Å²) in [4.78, 5) is 23.5. The summed E-state index contributed by atoms with van der Waals surface area (Å²) in [6.45, 7) is 1.69. The van der Waals surface area contributed by atoms with Crippen LogP contribution in [0, 0.1) is 5.82 Å². The molecule has 1 rings (SSSR count). The third-order valence-corrected chi connectivity index (χ3v) is 3.04. The molecule has 2 N–H and O–H groups in total. The number of hydrogen-bond donors (Lipinski definition) is 2. The van der Waals surface area contributed by atoms with Gasteiger partial charge in [-0.25, -0.2) is 14.0 Å². The van der Waals surface area contributed by atoms with Crippen LogP contribution >= 0.6 is 0 Å². The third kappa shape index (κ3) is 5.31. The SMILES string of the molecule is CCOC(=O)N[C@@](NCc1ccc(F)cc1)(C(=O)OCC)C(F)(F)F. The minimum absolute atomic E-state index is 0.194. The van der Waals surface area contributed by atoms with Crippen molar-refractivity contribution < 1.29 is 36.6 Å². The summed E-state index contributed by atoms with van der Waals surface area (Å²) < 4.78 is 62.7. The number of ether oxygens (including phenoxy) is 2. The minimum atomic E-state index is -5.23. The molecular weight excluding hydrogens is 348 g/mol. The van der Waals surface area contributed by atoms with Gasteiger partial charge < -0.3 is 9.47 Å². The second kappa shape index (κ2) is 8.65. The smallest absolute Gasteiger partial charge is 0.436 e. The van der Waals surface area contributed by atoms with Gasteiger partial charge in [-0.05, 0) is 31.5 Å². The number of rotatable bonds is 7. The number of benzene rings is 1. The molecule has 0 aliphatic rings. The first kappa shape index (κ1) is 20.7. The minimum Gasteiger partial charge on any atom is -0.463 e. The van der Waals surface area contributed by atoms with Gasteiger partial charge in [0.1, 0.15) is 5.82 Å². The molecule has 1 amide bonds. The van der Waals surface area contributed by atoms with Gasteiger partial charge in [-0.15, -0.1) is 0 Å². The lowest BCUT2D eigenvalue weighted by molar-refractivity contribution is -0.219. The number of carbonyl (C=O) groups excluding carboxylic acids is 2. The zero-order chi connectivity index (χ0) is 19.1. The van der Waals surface area contributed by atoms with E-state index in [4.69, 9.17) is 0 Å². The quantitative estimate of drug-likeness (QED) is 0.441. The molecule has 0 aliphatic carbocycles. The maximum atomic E-state index is 13.6. The van der Waals surface area contributed by atoms with Crippen LogP contribution in [0.3, 0.4) is 0 Å². The maximum absolute atomic E-state index is 13.6. The van der Waals surface area contributed by atoms with Gasteiger partial charge >= 0.3 is 18.2 Å². The highest BCUT2D eigenvalue weighted by Gasteiger charge is 2.63. The monoisotopic (exact) mass is 366 g/mol. The molecule has 1 aromatic carbocycles. The highest BCUT2D eigenvalue weighted by molar-refractivity contribution is 5.86. The molecular formula is C15H18F4N2O4. The number of alkyl halides is 3. The molecule has 0 saturated carbocycles. The van der Waals surface area contributed by atoms with Gasteiger partial charge in [0.25, 0.3) is 5.66 Å². The van der Waals surface area contributed by atoms with Crippen molar-refractivity contribution in [3.8, 4) is 0 Å². The summed E-state index contributed by atoms with van der Waals surface area (Å²) in [6.07, 6.45) is -6.68. The van der Waals surface area contributed by atoms with Crippen LogP contribution in [0.15, 0.2) is 24.3 Å². The fourth-order valence-corrected chi connectivity index (χ4v) is 1.85. The predicted octanol–water partition coefficient (Wildman–Crippen LogP) is 2.48. The second-order valence-electron chi connectivity index (χ2n) is 4.79. The number of carbonyl (C=O) groups is 2. The van der Waals surface area contributed by atoms with Crippen molar-refractivity contribution in [2.45, 2.75) is 32.2 Å². The lowest BCUT2D eigenvalue weighted by Gasteiger charge is -2.34. The Balaban J connectivity index is 3.14. The molecule has 140 valence electrons. The molecule has 0 unspecified atom stereocenters. The molecule has 1 aromatic rings. The Morgan fingerprint density at radius 2 is 1.60 bits per heavy atom. The van der Waals surface area contributed by atoms with E-state index in [0.29, 0.717) is 0 Å². The Kier molecular flexibility index (Phi) is 7.16. The van der Waals surface area contributed by atoms with E-state index < -0.39 is 36.3 Å². The number of amides is 1. The first-order valence-corrected chi connectivity index (χ1v) is 7.34. The molecule has 10 heteroatoms. The fraction of sp³-hybridized carbons (Fsp3) is 0.467. The molecule has 25 heavy (non-hydrogen) atoms. The van der Waals surface area contributed by atoms with E-state index in [9.17, 15) is 27.2 Å². The lowest BCUT2D eigenvalue weighted by Crippen LogP contribution is -2.72. The van der Waals surface area contributed by atoms with Gasteiger partial charge in [0.05, 0.1) is 13.2 Å². The standard InChI is InChI=1S/C15H18F4N2O4/c1-3-24-12(22)14(15(17,18)19,21-13(23)25-4-2)20-9-10-5-7-11(16)8-6-10/h5-8,20H,3-4,9H2,1-2H3,(H,21,23)/t14-/m0/s1. The first-order chi connectivity index (χ1) is 11.7. The number of alkyl carbamates (subject to hydrolysis) is 1. The Labute approximate surface area is 141 Å². The van der Waals surface area contributed by atoms with Gasteiger partial charge in [-0.3, -0.25) is 10.6 Å². The van der Waals surface area contributed by atoms with Crippen LogP contribution < -0.4 is 10.6 Å². The largest absolute Gasteiger partial charge is 0.463 e. The van der Waals surface area contributed by atoms with Gasteiger partial charge in [-0.2, -0.15) is 13.2 Å². The van der Waals surface area contributed by atoms with E-state index >= 15 is 0 Å². The Morgan fingerprint density at radius 3 is 2.08 bits per heavy atom. The van der Waals surface area contributed by atoms with E-state index in [-0.39, 0.29) is 18.8 Å². The summed E-state index contributed by atoms with van der Waals surface area (Å²) >= 11 is 0. The van der Waals surface area contributed by atoms with Gasteiger partial charge in [0.2, 0.25) is 0 Å². The van der Waals surface area contributed by atoms with E-state index in [1.54, 1.807) is 0 Å². The van der Waals surface area contributed by atoms with Crippen LogP contribution in [-0.2, 0) is 20.8 Å². The lowest BCUT2D eigenvalue weighted by atomic mass is 10.1. The van der Waals surface area contributed by atoms with Crippen LogP contribution in [-0.4, -0.2) is 37.1 Å². The van der Waals surface area contributed by atoms with Gasteiger partial charge in [0, 0.05) is 6.54 Å². The Bertz CT molecular complexity index is 592. The molecule has 0 radical (unpaired) electrons. The van der Waals surface area contributed by atoms with Crippen LogP contribution in [0.25, 0.3) is 0 Å². The summed E-state index contributed by atoms with van der Waals surface area (Å²) in [5, 5.41) is 3.44. The molecule has 0 fully saturated rings. The third-order valence-electron chi connectivity index (χ3n) is 3.04. The average Bonchev–Trinajstić information content (AvgIpc) is 2.52. The summed E-state index contributed by atoms with van der Waals surface area (Å²) in [5.41, 5.74) is -3.26. The molecule has 0 saturated heterocycles. The highest BCUT2D eigenvalue weighted by Crippen LogP contribution is 2.30.